The Bertz CT molecular complexity index is 281. The van der Waals surface area contributed by atoms with Crippen LogP contribution in [0.2, 0.25) is 0 Å². The molecule has 3 heteroatoms. The Balaban J connectivity index is 2.04. The van der Waals surface area contributed by atoms with Gasteiger partial charge in [0.2, 0.25) is 0 Å². The van der Waals surface area contributed by atoms with Crippen molar-refractivity contribution < 1.29 is 0 Å². The van der Waals surface area contributed by atoms with Crippen LogP contribution in [0.3, 0.4) is 0 Å². The van der Waals surface area contributed by atoms with Crippen LogP contribution < -0.4 is 5.73 Å². The van der Waals surface area contributed by atoms with Crippen LogP contribution in [-0.4, -0.2) is 42.1 Å². The molecule has 0 aromatic heterocycles. The van der Waals surface area contributed by atoms with Gasteiger partial charge in [-0.3, -0.25) is 4.90 Å². The van der Waals surface area contributed by atoms with Gasteiger partial charge >= 0.3 is 0 Å². The summed E-state index contributed by atoms with van der Waals surface area (Å²) in [6.45, 7) is 8.08. The first-order chi connectivity index (χ1) is 8.93. The van der Waals surface area contributed by atoms with Crippen LogP contribution >= 0.6 is 11.8 Å². The Morgan fingerprint density at radius 2 is 1.95 bits per heavy atom. The standard InChI is InChI=1S/C16H32N2S/c1-16(2,3)13-6-5-12(10-17)15(9-13)18(4)14-7-8-19-11-14/h12-15H,5-11,17H2,1-4H3. The molecule has 0 spiro atoms. The lowest BCUT2D eigenvalue weighted by Crippen LogP contribution is -2.50. The summed E-state index contributed by atoms with van der Waals surface area (Å²) in [6.07, 6.45) is 5.42. The number of hydrogen-bond acceptors (Lipinski definition) is 3. The molecule has 1 saturated heterocycles. The predicted molar refractivity (Wildman–Crippen MR) is 86.6 cm³/mol. The lowest BCUT2D eigenvalue weighted by Gasteiger charge is -2.46. The van der Waals surface area contributed by atoms with Gasteiger partial charge in [0.15, 0.2) is 0 Å². The Labute approximate surface area is 123 Å². The van der Waals surface area contributed by atoms with Crippen molar-refractivity contribution >= 4 is 11.8 Å². The second-order valence-electron chi connectivity index (χ2n) is 7.62. The molecule has 19 heavy (non-hydrogen) atoms. The van der Waals surface area contributed by atoms with Crippen LogP contribution in [0.15, 0.2) is 0 Å². The van der Waals surface area contributed by atoms with E-state index in [2.05, 4.69) is 44.5 Å². The van der Waals surface area contributed by atoms with Gasteiger partial charge in [-0.05, 0) is 62.3 Å². The summed E-state index contributed by atoms with van der Waals surface area (Å²) >= 11 is 2.12. The van der Waals surface area contributed by atoms with E-state index in [9.17, 15) is 0 Å². The average molecular weight is 285 g/mol. The molecular formula is C16H32N2S. The third kappa shape index (κ3) is 3.68. The van der Waals surface area contributed by atoms with E-state index in [1.54, 1.807) is 0 Å². The summed E-state index contributed by atoms with van der Waals surface area (Å²) in [5.74, 6) is 4.24. The first-order valence-electron chi connectivity index (χ1n) is 7.93. The van der Waals surface area contributed by atoms with Crippen molar-refractivity contribution in [1.29, 1.82) is 0 Å². The van der Waals surface area contributed by atoms with Gasteiger partial charge in [-0.1, -0.05) is 20.8 Å². The minimum absolute atomic E-state index is 0.448. The largest absolute Gasteiger partial charge is 0.330 e. The number of rotatable bonds is 3. The van der Waals surface area contributed by atoms with E-state index in [0.29, 0.717) is 17.4 Å². The van der Waals surface area contributed by atoms with E-state index in [1.807, 2.05) is 0 Å². The van der Waals surface area contributed by atoms with Gasteiger partial charge in [-0.15, -0.1) is 0 Å². The molecule has 0 aromatic rings. The normalized spacial score (nSPS) is 36.9. The van der Waals surface area contributed by atoms with Gasteiger partial charge < -0.3 is 5.73 Å². The maximum Gasteiger partial charge on any atom is 0.0194 e. The van der Waals surface area contributed by atoms with Crippen molar-refractivity contribution in [2.45, 2.75) is 58.5 Å². The van der Waals surface area contributed by atoms with Crippen molar-refractivity contribution in [3.05, 3.63) is 0 Å². The summed E-state index contributed by atoms with van der Waals surface area (Å²) < 4.78 is 0. The zero-order chi connectivity index (χ0) is 14.0. The van der Waals surface area contributed by atoms with E-state index < -0.39 is 0 Å². The molecule has 1 heterocycles. The van der Waals surface area contributed by atoms with E-state index in [-0.39, 0.29) is 0 Å². The van der Waals surface area contributed by atoms with Crippen molar-refractivity contribution in [3.8, 4) is 0 Å². The van der Waals surface area contributed by atoms with Crippen LogP contribution in [0.4, 0.5) is 0 Å². The van der Waals surface area contributed by atoms with Gasteiger partial charge in [0, 0.05) is 17.8 Å². The maximum absolute atomic E-state index is 6.05. The van der Waals surface area contributed by atoms with Gasteiger partial charge in [-0.25, -0.2) is 0 Å². The number of hydrogen-bond donors (Lipinski definition) is 1. The fourth-order valence-electron chi connectivity index (χ4n) is 3.88. The van der Waals surface area contributed by atoms with E-state index >= 15 is 0 Å². The second-order valence-corrected chi connectivity index (χ2v) is 8.77. The van der Waals surface area contributed by atoms with Crippen molar-refractivity contribution in [1.82, 2.24) is 4.90 Å². The van der Waals surface area contributed by atoms with Gasteiger partial charge in [0.25, 0.3) is 0 Å². The molecule has 1 aliphatic carbocycles. The van der Waals surface area contributed by atoms with Crippen LogP contribution in [0.5, 0.6) is 0 Å². The highest BCUT2D eigenvalue weighted by Crippen LogP contribution is 2.42. The Kier molecular flexibility index (Phi) is 5.24. The molecule has 4 atom stereocenters. The molecule has 0 radical (unpaired) electrons. The average Bonchev–Trinajstić information content (AvgIpc) is 2.90. The fourth-order valence-corrected chi connectivity index (χ4v) is 5.16. The first-order valence-corrected chi connectivity index (χ1v) is 9.08. The minimum atomic E-state index is 0.448. The van der Waals surface area contributed by atoms with E-state index in [4.69, 9.17) is 5.73 Å². The minimum Gasteiger partial charge on any atom is -0.330 e. The van der Waals surface area contributed by atoms with Crippen molar-refractivity contribution in [2.75, 3.05) is 25.1 Å². The fraction of sp³-hybridized carbons (Fsp3) is 1.00. The topological polar surface area (TPSA) is 29.3 Å². The van der Waals surface area contributed by atoms with Crippen LogP contribution in [-0.2, 0) is 0 Å². The predicted octanol–water partition coefficient (Wildman–Crippen LogP) is 3.21. The van der Waals surface area contributed by atoms with Crippen LogP contribution in [0, 0.1) is 17.3 Å². The molecule has 2 fully saturated rings. The maximum atomic E-state index is 6.05. The summed E-state index contributed by atoms with van der Waals surface area (Å²) in [4.78, 5) is 2.69. The zero-order valence-electron chi connectivity index (χ0n) is 13.2. The SMILES string of the molecule is CN(C1CCSC1)C1CC(C(C)(C)C)CCC1CN. The summed E-state index contributed by atoms with van der Waals surface area (Å²) in [6, 6.07) is 1.51. The Morgan fingerprint density at radius 1 is 1.21 bits per heavy atom. The van der Waals surface area contributed by atoms with Gasteiger partial charge in [0.05, 0.1) is 0 Å². The lowest BCUT2D eigenvalue weighted by atomic mass is 9.67. The molecule has 2 N–H and O–H groups in total. The summed E-state index contributed by atoms with van der Waals surface area (Å²) in [5.41, 5.74) is 6.50. The van der Waals surface area contributed by atoms with E-state index in [0.717, 1.165) is 18.5 Å². The highest BCUT2D eigenvalue weighted by molar-refractivity contribution is 7.99. The third-order valence-electron chi connectivity index (χ3n) is 5.49. The molecule has 112 valence electrons. The smallest absolute Gasteiger partial charge is 0.0194 e. The Morgan fingerprint density at radius 3 is 2.47 bits per heavy atom. The van der Waals surface area contributed by atoms with Gasteiger partial charge in [-0.2, -0.15) is 11.8 Å². The first kappa shape index (κ1) is 15.7. The molecule has 2 rings (SSSR count). The van der Waals surface area contributed by atoms with Crippen molar-refractivity contribution in [2.24, 2.45) is 23.0 Å². The molecule has 2 aliphatic rings. The Hall–Kier alpha value is 0.270. The zero-order valence-corrected chi connectivity index (χ0v) is 14.0. The highest BCUT2D eigenvalue weighted by Gasteiger charge is 2.39. The highest BCUT2D eigenvalue weighted by atomic mass is 32.2. The van der Waals surface area contributed by atoms with Crippen LogP contribution in [0.1, 0.15) is 46.5 Å². The lowest BCUT2D eigenvalue weighted by molar-refractivity contribution is 0.0422. The second kappa shape index (κ2) is 6.36. The van der Waals surface area contributed by atoms with E-state index in [1.165, 1.54) is 37.2 Å². The monoisotopic (exact) mass is 284 g/mol. The molecule has 1 aliphatic heterocycles. The number of nitrogens with zero attached hydrogens (tertiary/aromatic N) is 1. The molecule has 0 amide bonds. The summed E-state index contributed by atoms with van der Waals surface area (Å²) in [5, 5.41) is 0. The van der Waals surface area contributed by atoms with Crippen LogP contribution in [0.25, 0.3) is 0 Å². The number of thioether (sulfide) groups is 1. The quantitative estimate of drug-likeness (QED) is 0.863. The molecule has 0 aromatic carbocycles. The molecule has 0 bridgehead atoms. The molecule has 4 unspecified atom stereocenters. The third-order valence-corrected chi connectivity index (χ3v) is 6.63. The van der Waals surface area contributed by atoms with Gasteiger partial charge in [0.1, 0.15) is 0 Å². The molecule has 2 nitrogen and oxygen atoms in total. The number of nitrogens with two attached hydrogens (primary N) is 1. The summed E-state index contributed by atoms with van der Waals surface area (Å²) in [7, 11) is 2.36. The van der Waals surface area contributed by atoms with Crippen molar-refractivity contribution in [3.63, 3.8) is 0 Å². The molecule has 1 saturated carbocycles. The molecular weight excluding hydrogens is 252 g/mol.